The largest absolute Gasteiger partial charge is 0.371 e. The lowest BCUT2D eigenvalue weighted by molar-refractivity contribution is 0.447. The molecule has 0 radical (unpaired) electrons. The fraction of sp³-hybridized carbons (Fsp3) is 0.435. The molecule has 2 aromatic carbocycles. The highest BCUT2D eigenvalue weighted by Crippen LogP contribution is 2.24. The van der Waals surface area contributed by atoms with E-state index >= 15 is 0 Å². The molecule has 0 spiro atoms. The predicted molar refractivity (Wildman–Crippen MR) is 121 cm³/mol. The molecule has 1 aliphatic rings. The Morgan fingerprint density at radius 2 is 1.85 bits per heavy atom. The Morgan fingerprint density at radius 1 is 1.15 bits per heavy atom. The van der Waals surface area contributed by atoms with E-state index in [1.54, 1.807) is 0 Å². The first-order valence-corrected chi connectivity index (χ1v) is 10.5. The second kappa shape index (κ2) is 9.23. The van der Waals surface area contributed by atoms with Crippen molar-refractivity contribution < 1.29 is 0 Å². The summed E-state index contributed by atoms with van der Waals surface area (Å²) in [6, 6.07) is 17.5. The zero-order valence-electron chi connectivity index (χ0n) is 16.7. The van der Waals surface area contributed by atoms with Gasteiger partial charge in [0.2, 0.25) is 0 Å². The molecule has 27 heavy (non-hydrogen) atoms. The number of nitrogens with zero attached hydrogens (tertiary/aromatic N) is 1. The van der Waals surface area contributed by atoms with Crippen LogP contribution in [0, 0.1) is 5.92 Å². The number of piperidine rings is 1. The molecular formula is C23H31N3S. The van der Waals surface area contributed by atoms with E-state index in [9.17, 15) is 0 Å². The summed E-state index contributed by atoms with van der Waals surface area (Å²) in [6.07, 6.45) is 3.69. The number of rotatable bonds is 5. The summed E-state index contributed by atoms with van der Waals surface area (Å²) in [4.78, 5) is 2.50. The summed E-state index contributed by atoms with van der Waals surface area (Å²) >= 11 is 5.48. The quantitative estimate of drug-likeness (QED) is 0.666. The first-order chi connectivity index (χ1) is 13.0. The third kappa shape index (κ3) is 5.46. The van der Waals surface area contributed by atoms with E-state index in [1.807, 2.05) is 0 Å². The summed E-state index contributed by atoms with van der Waals surface area (Å²) in [6.45, 7) is 8.98. The van der Waals surface area contributed by atoms with Crippen LogP contribution in [0.3, 0.4) is 0 Å². The number of nitrogens with one attached hydrogen (secondary N) is 2. The van der Waals surface area contributed by atoms with Crippen LogP contribution in [0.5, 0.6) is 0 Å². The Kier molecular flexibility index (Phi) is 6.73. The van der Waals surface area contributed by atoms with Crippen LogP contribution in [0.15, 0.2) is 48.5 Å². The minimum Gasteiger partial charge on any atom is -0.371 e. The fourth-order valence-corrected chi connectivity index (χ4v) is 3.96. The molecule has 1 aliphatic heterocycles. The summed E-state index contributed by atoms with van der Waals surface area (Å²) in [7, 11) is 0. The third-order valence-corrected chi connectivity index (χ3v) is 5.60. The normalized spacial score (nSPS) is 18.0. The van der Waals surface area contributed by atoms with E-state index in [1.165, 1.54) is 36.2 Å². The van der Waals surface area contributed by atoms with Crippen LogP contribution in [0.4, 0.5) is 11.4 Å². The van der Waals surface area contributed by atoms with E-state index in [-0.39, 0.29) is 6.04 Å². The minimum atomic E-state index is 0.161. The van der Waals surface area contributed by atoms with Crippen molar-refractivity contribution in [3.8, 4) is 0 Å². The molecule has 4 heteroatoms. The Bertz CT molecular complexity index is 739. The van der Waals surface area contributed by atoms with Crippen molar-refractivity contribution in [3.63, 3.8) is 0 Å². The molecule has 0 unspecified atom stereocenters. The van der Waals surface area contributed by atoms with Gasteiger partial charge in [-0.15, -0.1) is 0 Å². The van der Waals surface area contributed by atoms with Crippen molar-refractivity contribution in [3.05, 3.63) is 59.7 Å². The van der Waals surface area contributed by atoms with Crippen LogP contribution in [0.1, 0.15) is 50.8 Å². The van der Waals surface area contributed by atoms with Gasteiger partial charge in [-0.05, 0) is 79.7 Å². The molecule has 2 atom stereocenters. The fourth-order valence-electron chi connectivity index (χ4n) is 3.67. The average Bonchev–Trinajstić information content (AvgIpc) is 2.68. The number of aryl methyl sites for hydroxylation is 1. The molecule has 1 fully saturated rings. The second-order valence-corrected chi connectivity index (χ2v) is 8.06. The maximum atomic E-state index is 5.48. The van der Waals surface area contributed by atoms with Gasteiger partial charge in [-0.3, -0.25) is 0 Å². The Hall–Kier alpha value is -2.07. The third-order valence-electron chi connectivity index (χ3n) is 5.38. The molecule has 0 aliphatic carbocycles. The van der Waals surface area contributed by atoms with Gasteiger partial charge in [0.05, 0.1) is 6.04 Å². The highest BCUT2D eigenvalue weighted by atomic mass is 32.1. The van der Waals surface area contributed by atoms with Crippen LogP contribution >= 0.6 is 12.2 Å². The van der Waals surface area contributed by atoms with Crippen molar-refractivity contribution in [1.29, 1.82) is 0 Å². The van der Waals surface area contributed by atoms with Gasteiger partial charge in [0.25, 0.3) is 0 Å². The maximum Gasteiger partial charge on any atom is 0.171 e. The van der Waals surface area contributed by atoms with Crippen LogP contribution in [-0.4, -0.2) is 18.2 Å². The van der Waals surface area contributed by atoms with Crippen molar-refractivity contribution in [2.75, 3.05) is 23.3 Å². The molecule has 0 saturated carbocycles. The number of hydrogen-bond acceptors (Lipinski definition) is 2. The molecule has 144 valence electrons. The van der Waals surface area contributed by atoms with Crippen LogP contribution < -0.4 is 15.5 Å². The topological polar surface area (TPSA) is 27.3 Å². The first-order valence-electron chi connectivity index (χ1n) is 10.1. The van der Waals surface area contributed by atoms with Gasteiger partial charge in [-0.1, -0.05) is 38.1 Å². The molecule has 2 N–H and O–H groups in total. The van der Waals surface area contributed by atoms with Crippen LogP contribution in [0.25, 0.3) is 0 Å². The number of benzene rings is 2. The molecule has 3 rings (SSSR count). The van der Waals surface area contributed by atoms with Crippen molar-refractivity contribution in [1.82, 2.24) is 5.32 Å². The zero-order chi connectivity index (χ0) is 19.2. The van der Waals surface area contributed by atoms with Gasteiger partial charge >= 0.3 is 0 Å². The monoisotopic (exact) mass is 381 g/mol. The van der Waals surface area contributed by atoms with Crippen LogP contribution in [0.2, 0.25) is 0 Å². The summed E-state index contributed by atoms with van der Waals surface area (Å²) < 4.78 is 0. The molecular weight excluding hydrogens is 350 g/mol. The summed E-state index contributed by atoms with van der Waals surface area (Å²) in [5, 5.41) is 7.31. The first kappa shape index (κ1) is 19.7. The van der Waals surface area contributed by atoms with E-state index in [2.05, 4.69) is 84.8 Å². The number of thiocarbonyl (C=S) groups is 1. The highest BCUT2D eigenvalue weighted by Gasteiger charge is 2.17. The van der Waals surface area contributed by atoms with Crippen molar-refractivity contribution in [2.45, 2.75) is 46.1 Å². The van der Waals surface area contributed by atoms with Gasteiger partial charge < -0.3 is 15.5 Å². The van der Waals surface area contributed by atoms with Crippen LogP contribution in [-0.2, 0) is 6.42 Å². The molecule has 1 saturated heterocycles. The van der Waals surface area contributed by atoms with E-state index in [0.717, 1.165) is 24.6 Å². The molecule has 3 nitrogen and oxygen atoms in total. The van der Waals surface area contributed by atoms with Gasteiger partial charge in [0.15, 0.2) is 5.11 Å². The average molecular weight is 382 g/mol. The predicted octanol–water partition coefficient (Wildman–Crippen LogP) is 5.53. The lowest BCUT2D eigenvalue weighted by Gasteiger charge is -2.33. The van der Waals surface area contributed by atoms with Crippen molar-refractivity contribution >= 4 is 28.7 Å². The number of hydrogen-bond donors (Lipinski definition) is 2. The van der Waals surface area contributed by atoms with Gasteiger partial charge in [-0.2, -0.15) is 0 Å². The molecule has 0 aromatic heterocycles. The van der Waals surface area contributed by atoms with Gasteiger partial charge in [0, 0.05) is 24.5 Å². The molecule has 2 aromatic rings. The smallest absolute Gasteiger partial charge is 0.171 e. The van der Waals surface area contributed by atoms with Gasteiger partial charge in [0.1, 0.15) is 0 Å². The maximum absolute atomic E-state index is 5.48. The number of anilines is 2. The zero-order valence-corrected chi connectivity index (χ0v) is 17.5. The van der Waals surface area contributed by atoms with Crippen molar-refractivity contribution in [2.24, 2.45) is 5.92 Å². The summed E-state index contributed by atoms with van der Waals surface area (Å²) in [5.41, 5.74) is 4.92. The Balaban J connectivity index is 1.55. The van der Waals surface area contributed by atoms with Gasteiger partial charge in [-0.25, -0.2) is 0 Å². The summed E-state index contributed by atoms with van der Waals surface area (Å²) in [5.74, 6) is 0.786. The minimum absolute atomic E-state index is 0.161. The molecule has 0 amide bonds. The standard InChI is InChI=1S/C23H31N3S/c1-4-19-7-11-21(12-8-19)25-23(27)24-18(3)20-9-13-22(14-10-20)26-15-5-6-17(2)16-26/h7-14,17-18H,4-6,15-16H2,1-3H3,(H2,24,25,27)/t17-,18-/m0/s1. The van der Waals surface area contributed by atoms with E-state index in [0.29, 0.717) is 5.11 Å². The van der Waals surface area contributed by atoms with E-state index < -0.39 is 0 Å². The van der Waals surface area contributed by atoms with E-state index in [4.69, 9.17) is 12.2 Å². The Morgan fingerprint density at radius 3 is 2.48 bits per heavy atom. The molecule has 1 heterocycles. The lowest BCUT2D eigenvalue weighted by Crippen LogP contribution is -2.34. The molecule has 0 bridgehead atoms. The second-order valence-electron chi connectivity index (χ2n) is 7.66. The Labute approximate surface area is 169 Å². The highest BCUT2D eigenvalue weighted by molar-refractivity contribution is 7.80. The SMILES string of the molecule is CCc1ccc(NC(=S)N[C@@H](C)c2ccc(N3CCC[C@H](C)C3)cc2)cc1. The lowest BCUT2D eigenvalue weighted by atomic mass is 9.99.